The molecule has 0 spiro atoms. The number of amides is 2. The standard InChI is InChI=1S/C10H12N2O4/c1-12(15-2)10(14)11-16-9(13)8-6-4-3-5-7-8/h3-7H,1-2H3,(H,11,14). The van der Waals surface area contributed by atoms with E-state index in [1.807, 2.05) is 5.48 Å². The van der Waals surface area contributed by atoms with E-state index in [9.17, 15) is 9.59 Å². The van der Waals surface area contributed by atoms with Crippen molar-refractivity contribution in [1.82, 2.24) is 10.5 Å². The summed E-state index contributed by atoms with van der Waals surface area (Å²) in [6, 6.07) is 7.64. The SMILES string of the molecule is CON(C)C(=O)NOC(=O)c1ccccc1. The van der Waals surface area contributed by atoms with Gasteiger partial charge in [-0.15, -0.1) is 0 Å². The molecule has 1 aromatic rings. The van der Waals surface area contributed by atoms with E-state index in [-0.39, 0.29) is 0 Å². The fourth-order valence-electron chi connectivity index (χ4n) is 0.870. The van der Waals surface area contributed by atoms with Crippen molar-refractivity contribution in [1.29, 1.82) is 0 Å². The van der Waals surface area contributed by atoms with Crippen molar-refractivity contribution in [2.75, 3.05) is 14.2 Å². The van der Waals surface area contributed by atoms with Crippen LogP contribution in [-0.4, -0.2) is 31.2 Å². The third-order valence-electron chi connectivity index (χ3n) is 1.80. The van der Waals surface area contributed by atoms with E-state index < -0.39 is 12.0 Å². The molecule has 0 atom stereocenters. The second-order valence-corrected chi connectivity index (χ2v) is 2.84. The summed E-state index contributed by atoms with van der Waals surface area (Å²) >= 11 is 0. The molecule has 1 rings (SSSR count). The van der Waals surface area contributed by atoms with Crippen LogP contribution >= 0.6 is 0 Å². The summed E-state index contributed by atoms with van der Waals surface area (Å²) in [4.78, 5) is 31.6. The number of urea groups is 1. The number of carbonyl (C=O) groups is 2. The van der Waals surface area contributed by atoms with Crippen molar-refractivity contribution < 1.29 is 19.3 Å². The number of hydrogen-bond donors (Lipinski definition) is 1. The lowest BCUT2D eigenvalue weighted by molar-refractivity contribution is -0.0764. The summed E-state index contributed by atoms with van der Waals surface area (Å²) in [7, 11) is 2.70. The van der Waals surface area contributed by atoms with Gasteiger partial charge in [-0.3, -0.25) is 4.84 Å². The number of nitrogens with one attached hydrogen (secondary N) is 1. The molecule has 0 aliphatic heterocycles. The number of rotatable bonds is 2. The molecular formula is C10H12N2O4. The molecule has 6 heteroatoms. The molecule has 6 nitrogen and oxygen atoms in total. The molecule has 16 heavy (non-hydrogen) atoms. The lowest BCUT2D eigenvalue weighted by Crippen LogP contribution is -2.37. The zero-order valence-corrected chi connectivity index (χ0v) is 8.97. The van der Waals surface area contributed by atoms with Gasteiger partial charge in [-0.05, 0) is 12.1 Å². The highest BCUT2D eigenvalue weighted by Gasteiger charge is 2.11. The number of benzene rings is 1. The van der Waals surface area contributed by atoms with Gasteiger partial charge < -0.3 is 4.84 Å². The number of hydrogen-bond acceptors (Lipinski definition) is 4. The van der Waals surface area contributed by atoms with E-state index in [1.54, 1.807) is 30.3 Å². The lowest BCUT2D eigenvalue weighted by atomic mass is 10.2. The Kier molecular flexibility index (Phi) is 4.28. The molecule has 0 saturated carbocycles. The van der Waals surface area contributed by atoms with Crippen molar-refractivity contribution >= 4 is 12.0 Å². The molecular weight excluding hydrogens is 212 g/mol. The van der Waals surface area contributed by atoms with Crippen LogP contribution in [0, 0.1) is 0 Å². The van der Waals surface area contributed by atoms with Crippen LogP contribution in [-0.2, 0) is 9.68 Å². The third-order valence-corrected chi connectivity index (χ3v) is 1.80. The third kappa shape index (κ3) is 3.25. The van der Waals surface area contributed by atoms with Crippen molar-refractivity contribution in [2.45, 2.75) is 0 Å². The molecule has 0 aromatic heterocycles. The van der Waals surface area contributed by atoms with Gasteiger partial charge in [0, 0.05) is 7.05 Å². The first-order chi connectivity index (χ1) is 7.65. The van der Waals surface area contributed by atoms with E-state index >= 15 is 0 Å². The first-order valence-electron chi connectivity index (χ1n) is 4.49. The van der Waals surface area contributed by atoms with Gasteiger partial charge in [0.2, 0.25) is 0 Å². The highest BCUT2D eigenvalue weighted by atomic mass is 16.7. The molecule has 2 amide bonds. The molecule has 0 aliphatic rings. The molecule has 1 N–H and O–H groups in total. The molecule has 0 aliphatic carbocycles. The van der Waals surface area contributed by atoms with Crippen LogP contribution in [0.2, 0.25) is 0 Å². The smallest absolute Gasteiger partial charge is 0.334 e. The maximum absolute atomic E-state index is 11.4. The van der Waals surface area contributed by atoms with Gasteiger partial charge in [-0.25, -0.2) is 14.7 Å². The number of carbonyl (C=O) groups excluding carboxylic acids is 2. The Bertz CT molecular complexity index is 366. The van der Waals surface area contributed by atoms with E-state index in [0.717, 1.165) is 5.06 Å². The molecule has 0 bridgehead atoms. The Morgan fingerprint density at radius 2 is 1.88 bits per heavy atom. The quantitative estimate of drug-likeness (QED) is 0.760. The van der Waals surface area contributed by atoms with Crippen LogP contribution in [0.1, 0.15) is 10.4 Å². The minimum Gasteiger partial charge on any atom is -0.334 e. The summed E-state index contributed by atoms with van der Waals surface area (Å²) in [5.74, 6) is -0.640. The number of hydroxylamine groups is 3. The molecule has 0 radical (unpaired) electrons. The first kappa shape index (κ1) is 12.0. The molecule has 0 heterocycles. The van der Waals surface area contributed by atoms with Gasteiger partial charge in [0.25, 0.3) is 0 Å². The monoisotopic (exact) mass is 224 g/mol. The van der Waals surface area contributed by atoms with Crippen LogP contribution in [0.15, 0.2) is 30.3 Å². The fraction of sp³-hybridized carbons (Fsp3) is 0.200. The lowest BCUT2D eigenvalue weighted by Gasteiger charge is -2.13. The predicted molar refractivity (Wildman–Crippen MR) is 55.2 cm³/mol. The minimum atomic E-state index is -0.674. The molecule has 0 saturated heterocycles. The topological polar surface area (TPSA) is 67.9 Å². The van der Waals surface area contributed by atoms with Gasteiger partial charge in [0.1, 0.15) is 0 Å². The van der Waals surface area contributed by atoms with E-state index in [0.29, 0.717) is 5.56 Å². The average molecular weight is 224 g/mol. The Morgan fingerprint density at radius 1 is 1.25 bits per heavy atom. The summed E-state index contributed by atoms with van der Waals surface area (Å²) in [5.41, 5.74) is 2.29. The van der Waals surface area contributed by atoms with Crippen LogP contribution in [0.25, 0.3) is 0 Å². The second kappa shape index (κ2) is 5.72. The highest BCUT2D eigenvalue weighted by Crippen LogP contribution is 1.99. The van der Waals surface area contributed by atoms with Gasteiger partial charge in [-0.1, -0.05) is 18.2 Å². The Hall–Kier alpha value is -2.08. The summed E-state index contributed by atoms with van der Waals surface area (Å²) in [6.07, 6.45) is 0. The zero-order chi connectivity index (χ0) is 12.0. The molecule has 1 aromatic carbocycles. The Balaban J connectivity index is 2.45. The van der Waals surface area contributed by atoms with E-state index in [4.69, 9.17) is 0 Å². The van der Waals surface area contributed by atoms with Crippen molar-refractivity contribution in [3.8, 4) is 0 Å². The van der Waals surface area contributed by atoms with E-state index in [2.05, 4.69) is 9.68 Å². The average Bonchev–Trinajstić information content (AvgIpc) is 2.35. The van der Waals surface area contributed by atoms with Crippen molar-refractivity contribution in [3.05, 3.63) is 35.9 Å². The van der Waals surface area contributed by atoms with Crippen LogP contribution in [0.5, 0.6) is 0 Å². The minimum absolute atomic E-state index is 0.350. The molecule has 0 fully saturated rings. The Labute approximate surface area is 92.7 Å². The van der Waals surface area contributed by atoms with Crippen LogP contribution < -0.4 is 5.48 Å². The Morgan fingerprint density at radius 3 is 2.44 bits per heavy atom. The largest absolute Gasteiger partial charge is 0.374 e. The molecule has 86 valence electrons. The number of nitrogens with zero attached hydrogens (tertiary/aromatic N) is 1. The fourth-order valence-corrected chi connectivity index (χ4v) is 0.870. The van der Waals surface area contributed by atoms with Gasteiger partial charge >= 0.3 is 12.0 Å². The maximum Gasteiger partial charge on any atom is 0.374 e. The predicted octanol–water partition coefficient (Wildman–Crippen LogP) is 0.961. The van der Waals surface area contributed by atoms with Gasteiger partial charge in [-0.2, -0.15) is 5.48 Å². The van der Waals surface area contributed by atoms with Crippen LogP contribution in [0.4, 0.5) is 4.79 Å². The normalized spacial score (nSPS) is 9.38. The maximum atomic E-state index is 11.4. The van der Waals surface area contributed by atoms with Crippen LogP contribution in [0.3, 0.4) is 0 Å². The van der Waals surface area contributed by atoms with Gasteiger partial charge in [0.15, 0.2) is 0 Å². The van der Waals surface area contributed by atoms with Crippen molar-refractivity contribution in [3.63, 3.8) is 0 Å². The highest BCUT2D eigenvalue weighted by molar-refractivity contribution is 5.90. The van der Waals surface area contributed by atoms with Crippen molar-refractivity contribution in [2.24, 2.45) is 0 Å². The summed E-state index contributed by atoms with van der Waals surface area (Å²) in [6.45, 7) is 0. The molecule has 0 unspecified atom stereocenters. The zero-order valence-electron chi connectivity index (χ0n) is 8.97. The second-order valence-electron chi connectivity index (χ2n) is 2.84. The van der Waals surface area contributed by atoms with Gasteiger partial charge in [0.05, 0.1) is 12.7 Å². The first-order valence-corrected chi connectivity index (χ1v) is 4.49. The summed E-state index contributed by atoms with van der Waals surface area (Å²) in [5, 5.41) is 0.887. The summed E-state index contributed by atoms with van der Waals surface area (Å²) < 4.78 is 0. The van der Waals surface area contributed by atoms with E-state index in [1.165, 1.54) is 14.2 Å².